The lowest BCUT2D eigenvalue weighted by Gasteiger charge is -2.14. The number of rotatable bonds is 7. The lowest BCUT2D eigenvalue weighted by Crippen LogP contribution is -2.23. The molecule has 206 valence electrons. The fourth-order valence-corrected chi connectivity index (χ4v) is 4.26. The third-order valence-electron chi connectivity index (χ3n) is 5.74. The molecule has 0 aliphatic rings. The number of benzene rings is 3. The van der Waals surface area contributed by atoms with Gasteiger partial charge in [-0.15, -0.1) is 0 Å². The summed E-state index contributed by atoms with van der Waals surface area (Å²) in [6.45, 7) is 3.85. The molecule has 2 heterocycles. The molecule has 41 heavy (non-hydrogen) atoms. The summed E-state index contributed by atoms with van der Waals surface area (Å²) in [6, 6.07) is 24.8. The summed E-state index contributed by atoms with van der Waals surface area (Å²) in [6.07, 6.45) is 0. The third kappa shape index (κ3) is 7.38. The van der Waals surface area contributed by atoms with Gasteiger partial charge in [-0.25, -0.2) is 4.98 Å². The van der Waals surface area contributed by atoms with E-state index in [-0.39, 0.29) is 23.0 Å². The molecule has 0 radical (unpaired) electrons. The first-order chi connectivity index (χ1) is 19.8. The second kappa shape index (κ2) is 12.5. The highest BCUT2D eigenvalue weighted by molar-refractivity contribution is 7.81. The van der Waals surface area contributed by atoms with Crippen LogP contribution in [0, 0.1) is 13.8 Å². The third-order valence-corrected chi connectivity index (χ3v) is 6.15. The van der Waals surface area contributed by atoms with Crippen LogP contribution >= 0.6 is 24.4 Å². The van der Waals surface area contributed by atoms with Gasteiger partial charge in [0.05, 0.1) is 18.3 Å². The molecule has 0 saturated heterocycles. The Kier molecular flexibility index (Phi) is 8.42. The van der Waals surface area contributed by atoms with Crippen molar-refractivity contribution in [1.82, 2.24) is 19.9 Å². The van der Waals surface area contributed by atoms with Crippen LogP contribution in [0.1, 0.15) is 11.3 Å². The van der Waals surface area contributed by atoms with Gasteiger partial charge in [0.15, 0.2) is 16.0 Å². The molecule has 0 amide bonds. The van der Waals surface area contributed by atoms with E-state index < -0.39 is 0 Å². The molecule has 0 bridgehead atoms. The van der Waals surface area contributed by atoms with E-state index in [4.69, 9.17) is 33.9 Å². The number of nitrogens with one attached hydrogen (secondary N) is 4. The maximum Gasteiger partial charge on any atom is 0.328 e. The van der Waals surface area contributed by atoms with Gasteiger partial charge in [0.1, 0.15) is 5.75 Å². The number of pyridine rings is 1. The molecular weight excluding hydrogens is 557 g/mol. The molecular formula is C29H26N8O2S2. The summed E-state index contributed by atoms with van der Waals surface area (Å²) in [5.74, 6) is 1.48. The van der Waals surface area contributed by atoms with Crippen LogP contribution in [0.4, 0.5) is 23.3 Å². The molecule has 3 aromatic carbocycles. The Labute approximate surface area is 247 Å². The fraction of sp³-hybridized carbons (Fsp3) is 0.103. The molecule has 2 aromatic heterocycles. The van der Waals surface area contributed by atoms with Crippen LogP contribution in [0.3, 0.4) is 0 Å². The minimum absolute atomic E-state index is 0.0120. The van der Waals surface area contributed by atoms with Gasteiger partial charge < -0.3 is 30.7 Å². The molecule has 5 rings (SSSR count). The van der Waals surface area contributed by atoms with Gasteiger partial charge in [-0.3, -0.25) is 0 Å². The number of hydrogen-bond acceptors (Lipinski definition) is 8. The minimum Gasteiger partial charge on any atom is -0.497 e. The number of para-hydroxylation sites is 1. The van der Waals surface area contributed by atoms with Crippen LogP contribution in [0.2, 0.25) is 0 Å². The Morgan fingerprint density at radius 3 is 2.05 bits per heavy atom. The summed E-state index contributed by atoms with van der Waals surface area (Å²) in [4.78, 5) is 17.9. The molecule has 0 aliphatic carbocycles. The second-order valence-corrected chi connectivity index (χ2v) is 9.71. The van der Waals surface area contributed by atoms with E-state index in [1.54, 1.807) is 7.11 Å². The van der Waals surface area contributed by atoms with E-state index in [0.717, 1.165) is 27.8 Å². The summed E-state index contributed by atoms with van der Waals surface area (Å²) in [5, 5.41) is 13.6. The number of aromatic nitrogens is 4. The molecule has 10 nitrogen and oxygen atoms in total. The molecule has 5 aromatic rings. The first-order valence-electron chi connectivity index (χ1n) is 12.5. The Morgan fingerprint density at radius 1 is 0.683 bits per heavy atom. The van der Waals surface area contributed by atoms with Gasteiger partial charge >= 0.3 is 6.01 Å². The van der Waals surface area contributed by atoms with Crippen LogP contribution in [-0.2, 0) is 0 Å². The molecule has 0 unspecified atom stereocenters. The van der Waals surface area contributed by atoms with Crippen LogP contribution in [0.15, 0.2) is 78.9 Å². The number of anilines is 4. The van der Waals surface area contributed by atoms with Crippen molar-refractivity contribution in [2.45, 2.75) is 13.8 Å². The van der Waals surface area contributed by atoms with Gasteiger partial charge in [-0.2, -0.15) is 15.0 Å². The molecule has 0 atom stereocenters. The van der Waals surface area contributed by atoms with Crippen molar-refractivity contribution < 1.29 is 9.47 Å². The summed E-state index contributed by atoms with van der Waals surface area (Å²) in [7, 11) is 1.61. The van der Waals surface area contributed by atoms with Gasteiger partial charge in [-0.05, 0) is 92.4 Å². The SMILES string of the molecule is COc1ccc2nc(C)c(Oc3nc(NC(=S)Nc4ccccc4)nc(NC(=S)Nc4cccc(C)c4)n3)cc2c1. The van der Waals surface area contributed by atoms with E-state index in [0.29, 0.717) is 22.3 Å². The van der Waals surface area contributed by atoms with Crippen LogP contribution in [0.5, 0.6) is 17.5 Å². The zero-order chi connectivity index (χ0) is 28.8. The second-order valence-electron chi connectivity index (χ2n) is 8.89. The standard InChI is InChI=1S/C29H26N8O2S2/c1-17-8-7-11-21(14-17)32-29(41)37-26-33-25(36-28(40)31-20-9-5-4-6-10-20)34-27(35-26)39-24-16-19-15-22(38-3)12-13-23(19)30-18(24)2/h4-16H,1-3H3,(H4,31,32,33,34,35,36,37,40,41). The van der Waals surface area contributed by atoms with Gasteiger partial charge in [-0.1, -0.05) is 30.3 Å². The van der Waals surface area contributed by atoms with Crippen molar-refractivity contribution in [2.75, 3.05) is 28.4 Å². The number of thiocarbonyl (C=S) groups is 2. The Bertz CT molecular complexity index is 1730. The fourth-order valence-electron chi connectivity index (χ4n) is 3.85. The maximum absolute atomic E-state index is 6.11. The normalized spacial score (nSPS) is 10.5. The van der Waals surface area contributed by atoms with E-state index in [9.17, 15) is 0 Å². The highest BCUT2D eigenvalue weighted by atomic mass is 32.1. The number of methoxy groups -OCH3 is 1. The zero-order valence-corrected chi connectivity index (χ0v) is 24.1. The van der Waals surface area contributed by atoms with Crippen LogP contribution in [-0.4, -0.2) is 37.3 Å². The number of fused-ring (bicyclic) bond motifs is 1. The number of ether oxygens (including phenoxy) is 2. The molecule has 12 heteroatoms. The first kappa shape index (κ1) is 27.6. The number of nitrogens with zero attached hydrogens (tertiary/aromatic N) is 4. The Morgan fingerprint density at radius 2 is 1.37 bits per heavy atom. The van der Waals surface area contributed by atoms with E-state index in [1.807, 2.05) is 92.7 Å². The predicted molar refractivity (Wildman–Crippen MR) is 170 cm³/mol. The lowest BCUT2D eigenvalue weighted by molar-refractivity contribution is 0.415. The molecule has 4 N–H and O–H groups in total. The molecule has 0 saturated carbocycles. The van der Waals surface area contributed by atoms with Gasteiger partial charge in [0.25, 0.3) is 0 Å². The highest BCUT2D eigenvalue weighted by Gasteiger charge is 2.14. The van der Waals surface area contributed by atoms with Crippen molar-refractivity contribution in [3.63, 3.8) is 0 Å². The van der Waals surface area contributed by atoms with Crippen molar-refractivity contribution in [2.24, 2.45) is 0 Å². The van der Waals surface area contributed by atoms with Gasteiger partial charge in [0.2, 0.25) is 11.9 Å². The smallest absolute Gasteiger partial charge is 0.328 e. The number of hydrogen-bond donors (Lipinski definition) is 4. The summed E-state index contributed by atoms with van der Waals surface area (Å²) < 4.78 is 11.5. The summed E-state index contributed by atoms with van der Waals surface area (Å²) >= 11 is 11.0. The largest absolute Gasteiger partial charge is 0.497 e. The van der Waals surface area contributed by atoms with Crippen molar-refractivity contribution >= 4 is 68.8 Å². The van der Waals surface area contributed by atoms with E-state index >= 15 is 0 Å². The topological polar surface area (TPSA) is 118 Å². The molecule has 0 aliphatic heterocycles. The molecule has 0 spiro atoms. The first-order valence-corrected chi connectivity index (χ1v) is 13.3. The van der Waals surface area contributed by atoms with Crippen LogP contribution in [0.25, 0.3) is 10.9 Å². The number of aryl methyl sites for hydroxylation is 2. The van der Waals surface area contributed by atoms with Crippen LogP contribution < -0.4 is 30.7 Å². The summed E-state index contributed by atoms with van der Waals surface area (Å²) in [5.41, 5.74) is 4.20. The predicted octanol–water partition coefficient (Wildman–Crippen LogP) is 6.46. The lowest BCUT2D eigenvalue weighted by atomic mass is 10.2. The Balaban J connectivity index is 1.42. The molecule has 0 fully saturated rings. The monoisotopic (exact) mass is 582 g/mol. The van der Waals surface area contributed by atoms with Crippen molar-refractivity contribution in [1.29, 1.82) is 0 Å². The minimum atomic E-state index is 0.0120. The van der Waals surface area contributed by atoms with E-state index in [1.165, 1.54) is 0 Å². The Hall–Kier alpha value is -4.94. The zero-order valence-electron chi connectivity index (χ0n) is 22.4. The average Bonchev–Trinajstić information content (AvgIpc) is 2.93. The van der Waals surface area contributed by atoms with Crippen molar-refractivity contribution in [3.8, 4) is 17.5 Å². The van der Waals surface area contributed by atoms with E-state index in [2.05, 4.69) is 41.2 Å². The highest BCUT2D eigenvalue weighted by Crippen LogP contribution is 2.29. The maximum atomic E-state index is 6.11. The quantitative estimate of drug-likeness (QED) is 0.158. The average molecular weight is 583 g/mol. The van der Waals surface area contributed by atoms with Crippen molar-refractivity contribution in [3.05, 3.63) is 90.1 Å². The van der Waals surface area contributed by atoms with Gasteiger partial charge in [0, 0.05) is 16.8 Å².